The molecule has 0 bridgehead atoms. The SMILES string of the molecule is CN=C(NC1CC1c1c(F)cccc1F)N1CCOC(COC)C1. The van der Waals surface area contributed by atoms with Crippen LogP contribution in [0, 0.1) is 11.6 Å². The molecule has 1 aromatic rings. The van der Waals surface area contributed by atoms with Crippen LogP contribution in [0.4, 0.5) is 8.78 Å². The molecule has 7 heteroatoms. The Morgan fingerprint density at radius 1 is 1.42 bits per heavy atom. The van der Waals surface area contributed by atoms with Crippen LogP contribution in [0.5, 0.6) is 0 Å². The molecule has 1 aliphatic carbocycles. The number of hydrogen-bond acceptors (Lipinski definition) is 3. The summed E-state index contributed by atoms with van der Waals surface area (Å²) < 4.78 is 38.6. The van der Waals surface area contributed by atoms with Gasteiger partial charge in [0.05, 0.1) is 19.3 Å². The maximum absolute atomic E-state index is 13.9. The predicted octanol–water partition coefficient (Wildman–Crippen LogP) is 1.74. The molecule has 2 aliphatic rings. The number of hydrogen-bond donors (Lipinski definition) is 1. The second kappa shape index (κ2) is 7.44. The van der Waals surface area contributed by atoms with Crippen LogP contribution in [-0.2, 0) is 9.47 Å². The van der Waals surface area contributed by atoms with Gasteiger partial charge in [-0.1, -0.05) is 6.07 Å². The Balaban J connectivity index is 1.61. The number of halogens is 2. The van der Waals surface area contributed by atoms with E-state index in [1.54, 1.807) is 14.2 Å². The standard InChI is InChI=1S/C17H23F2N3O2/c1-20-17(22-6-7-24-11(9-22)10-23-2)21-15-8-12(15)16-13(18)4-3-5-14(16)19/h3-5,11-12,15H,6-10H2,1-2H3,(H,20,21). The number of morpholine rings is 1. The summed E-state index contributed by atoms with van der Waals surface area (Å²) in [7, 11) is 3.36. The van der Waals surface area contributed by atoms with Crippen molar-refractivity contribution in [3.05, 3.63) is 35.4 Å². The number of methoxy groups -OCH3 is 1. The van der Waals surface area contributed by atoms with Gasteiger partial charge in [0.25, 0.3) is 0 Å². The monoisotopic (exact) mass is 339 g/mol. The fourth-order valence-electron chi connectivity index (χ4n) is 3.20. The third-order valence-corrected chi connectivity index (χ3v) is 4.48. The summed E-state index contributed by atoms with van der Waals surface area (Å²) in [6.07, 6.45) is 0.698. The lowest BCUT2D eigenvalue weighted by Gasteiger charge is -2.34. The first-order valence-corrected chi connectivity index (χ1v) is 8.16. The molecular weight excluding hydrogens is 316 g/mol. The summed E-state index contributed by atoms with van der Waals surface area (Å²) in [5.41, 5.74) is 0.171. The lowest BCUT2D eigenvalue weighted by Crippen LogP contribution is -2.52. The Morgan fingerprint density at radius 2 is 2.17 bits per heavy atom. The van der Waals surface area contributed by atoms with Crippen molar-refractivity contribution in [1.29, 1.82) is 0 Å². The topological polar surface area (TPSA) is 46.1 Å². The molecule has 1 N–H and O–H groups in total. The predicted molar refractivity (Wildman–Crippen MR) is 87.2 cm³/mol. The van der Waals surface area contributed by atoms with Crippen LogP contribution < -0.4 is 5.32 Å². The number of guanidine groups is 1. The van der Waals surface area contributed by atoms with Crippen molar-refractivity contribution < 1.29 is 18.3 Å². The minimum atomic E-state index is -0.481. The average molecular weight is 339 g/mol. The molecule has 2 fully saturated rings. The smallest absolute Gasteiger partial charge is 0.194 e. The van der Waals surface area contributed by atoms with E-state index in [1.165, 1.54) is 18.2 Å². The first kappa shape index (κ1) is 17.1. The van der Waals surface area contributed by atoms with E-state index in [0.29, 0.717) is 26.2 Å². The maximum Gasteiger partial charge on any atom is 0.194 e. The highest BCUT2D eigenvalue weighted by atomic mass is 19.1. The van der Waals surface area contributed by atoms with Gasteiger partial charge in [-0.3, -0.25) is 4.99 Å². The number of nitrogens with one attached hydrogen (secondary N) is 1. The highest BCUT2D eigenvalue weighted by Crippen LogP contribution is 2.43. The highest BCUT2D eigenvalue weighted by molar-refractivity contribution is 5.81. The molecule has 0 spiro atoms. The summed E-state index contributed by atoms with van der Waals surface area (Å²) in [6.45, 7) is 2.54. The van der Waals surface area contributed by atoms with Crippen LogP contribution >= 0.6 is 0 Å². The molecular formula is C17H23F2N3O2. The second-order valence-electron chi connectivity index (χ2n) is 6.17. The van der Waals surface area contributed by atoms with E-state index in [0.717, 1.165) is 12.5 Å². The third kappa shape index (κ3) is 3.67. The van der Waals surface area contributed by atoms with Crippen LogP contribution in [0.1, 0.15) is 17.9 Å². The average Bonchev–Trinajstić information content (AvgIpc) is 3.32. The van der Waals surface area contributed by atoms with Crippen molar-refractivity contribution in [1.82, 2.24) is 10.2 Å². The first-order chi connectivity index (χ1) is 11.6. The lowest BCUT2D eigenvalue weighted by atomic mass is 10.1. The van der Waals surface area contributed by atoms with E-state index in [1.807, 2.05) is 0 Å². The van der Waals surface area contributed by atoms with Crippen molar-refractivity contribution in [3.63, 3.8) is 0 Å². The number of rotatable bonds is 4. The van der Waals surface area contributed by atoms with E-state index in [2.05, 4.69) is 15.2 Å². The summed E-state index contributed by atoms with van der Waals surface area (Å²) in [6, 6.07) is 4.00. The maximum atomic E-state index is 13.9. The fraction of sp³-hybridized carbons (Fsp3) is 0.588. The number of aliphatic imine (C=N–C) groups is 1. The molecule has 3 atom stereocenters. The van der Waals surface area contributed by atoms with Crippen molar-refractivity contribution in [2.24, 2.45) is 4.99 Å². The van der Waals surface area contributed by atoms with Crippen molar-refractivity contribution in [3.8, 4) is 0 Å². The van der Waals surface area contributed by atoms with E-state index in [9.17, 15) is 8.78 Å². The van der Waals surface area contributed by atoms with Gasteiger partial charge in [0.15, 0.2) is 5.96 Å². The molecule has 0 aromatic heterocycles. The van der Waals surface area contributed by atoms with Crippen LogP contribution in [0.15, 0.2) is 23.2 Å². The van der Waals surface area contributed by atoms with Gasteiger partial charge in [-0.2, -0.15) is 0 Å². The van der Waals surface area contributed by atoms with E-state index in [-0.39, 0.29) is 23.6 Å². The molecule has 3 unspecified atom stereocenters. The zero-order valence-electron chi connectivity index (χ0n) is 14.0. The van der Waals surface area contributed by atoms with Gasteiger partial charge in [0.2, 0.25) is 0 Å². The zero-order chi connectivity index (χ0) is 17.1. The van der Waals surface area contributed by atoms with Crippen LogP contribution in [0.25, 0.3) is 0 Å². The third-order valence-electron chi connectivity index (χ3n) is 4.48. The van der Waals surface area contributed by atoms with Gasteiger partial charge in [-0.15, -0.1) is 0 Å². The summed E-state index contributed by atoms with van der Waals surface area (Å²) >= 11 is 0. The summed E-state index contributed by atoms with van der Waals surface area (Å²) in [4.78, 5) is 6.40. The van der Waals surface area contributed by atoms with E-state index in [4.69, 9.17) is 9.47 Å². The lowest BCUT2D eigenvalue weighted by molar-refractivity contribution is -0.0447. The molecule has 132 valence electrons. The largest absolute Gasteiger partial charge is 0.382 e. The molecule has 1 aliphatic heterocycles. The Morgan fingerprint density at radius 3 is 2.83 bits per heavy atom. The van der Waals surface area contributed by atoms with Gasteiger partial charge in [0, 0.05) is 44.8 Å². The van der Waals surface area contributed by atoms with Crippen molar-refractivity contribution in [2.75, 3.05) is 40.5 Å². The first-order valence-electron chi connectivity index (χ1n) is 8.16. The molecule has 3 rings (SSSR count). The van der Waals surface area contributed by atoms with Crippen LogP contribution in [0.2, 0.25) is 0 Å². The van der Waals surface area contributed by atoms with Crippen molar-refractivity contribution in [2.45, 2.75) is 24.5 Å². The fourth-order valence-corrected chi connectivity index (χ4v) is 3.20. The molecule has 5 nitrogen and oxygen atoms in total. The zero-order valence-corrected chi connectivity index (χ0v) is 14.0. The minimum Gasteiger partial charge on any atom is -0.382 e. The molecule has 24 heavy (non-hydrogen) atoms. The van der Waals surface area contributed by atoms with E-state index < -0.39 is 11.6 Å². The number of benzene rings is 1. The molecule has 0 amide bonds. The quantitative estimate of drug-likeness (QED) is 0.671. The number of nitrogens with zero attached hydrogens (tertiary/aromatic N) is 2. The van der Waals surface area contributed by atoms with Gasteiger partial charge < -0.3 is 19.7 Å². The van der Waals surface area contributed by atoms with Crippen LogP contribution in [0.3, 0.4) is 0 Å². The Hall–Kier alpha value is -1.73. The summed E-state index contributed by atoms with van der Waals surface area (Å²) in [5, 5.41) is 3.32. The Bertz CT molecular complexity index is 589. The van der Waals surface area contributed by atoms with Gasteiger partial charge in [0.1, 0.15) is 11.6 Å². The Labute approximate surface area is 140 Å². The van der Waals surface area contributed by atoms with Gasteiger partial charge >= 0.3 is 0 Å². The molecule has 1 saturated carbocycles. The molecule has 1 saturated heterocycles. The normalized spacial score (nSPS) is 27.2. The minimum absolute atomic E-state index is 0.00109. The Kier molecular flexibility index (Phi) is 5.30. The molecule has 0 radical (unpaired) electrons. The van der Waals surface area contributed by atoms with Gasteiger partial charge in [-0.05, 0) is 18.6 Å². The van der Waals surface area contributed by atoms with Crippen LogP contribution in [-0.4, -0.2) is 63.5 Å². The molecule has 1 heterocycles. The highest BCUT2D eigenvalue weighted by Gasteiger charge is 2.43. The van der Waals surface area contributed by atoms with E-state index >= 15 is 0 Å². The number of ether oxygens (including phenoxy) is 2. The summed E-state index contributed by atoms with van der Waals surface area (Å²) in [5.74, 6) is -0.376. The van der Waals surface area contributed by atoms with Crippen molar-refractivity contribution >= 4 is 5.96 Å². The van der Waals surface area contributed by atoms with Gasteiger partial charge in [-0.25, -0.2) is 8.78 Å². The molecule has 1 aromatic carbocycles. The second-order valence-corrected chi connectivity index (χ2v) is 6.17.